The largest absolute Gasteiger partial charge is 0.416 e. The molecule has 0 fully saturated rings. The van der Waals surface area contributed by atoms with E-state index in [4.69, 9.17) is 10.5 Å². The third kappa shape index (κ3) is 3.55. The number of anilines is 1. The highest BCUT2D eigenvalue weighted by atomic mass is 19.4. The summed E-state index contributed by atoms with van der Waals surface area (Å²) in [5.41, 5.74) is 8.34. The minimum atomic E-state index is -4.33. The smallest absolute Gasteiger partial charge is 0.398 e. The summed E-state index contributed by atoms with van der Waals surface area (Å²) in [5, 5.41) is 0. The maximum absolute atomic E-state index is 12.6. The average molecular weight is 295 g/mol. The number of alkyl halides is 3. The van der Waals surface area contributed by atoms with Gasteiger partial charge < -0.3 is 10.5 Å². The van der Waals surface area contributed by atoms with E-state index >= 15 is 0 Å². The van der Waals surface area contributed by atoms with Gasteiger partial charge in [-0.2, -0.15) is 13.2 Å². The van der Waals surface area contributed by atoms with Gasteiger partial charge in [-0.3, -0.25) is 0 Å². The van der Waals surface area contributed by atoms with Crippen LogP contribution in [0.1, 0.15) is 11.1 Å². The van der Waals surface area contributed by atoms with E-state index in [-0.39, 0.29) is 0 Å². The molecule has 5 heteroatoms. The van der Waals surface area contributed by atoms with Crippen molar-refractivity contribution in [1.29, 1.82) is 0 Å². The lowest BCUT2D eigenvalue weighted by Crippen LogP contribution is -2.04. The van der Waals surface area contributed by atoms with Gasteiger partial charge in [0.05, 0.1) is 12.2 Å². The van der Waals surface area contributed by atoms with Crippen molar-refractivity contribution in [2.45, 2.75) is 12.6 Å². The van der Waals surface area contributed by atoms with Crippen LogP contribution in [-0.4, -0.2) is 13.7 Å². The summed E-state index contributed by atoms with van der Waals surface area (Å²) in [6.07, 6.45) is -3.67. The molecule has 0 radical (unpaired) electrons. The first-order valence-corrected chi connectivity index (χ1v) is 6.47. The Morgan fingerprint density at radius 3 is 2.29 bits per heavy atom. The monoisotopic (exact) mass is 295 g/mol. The summed E-state index contributed by atoms with van der Waals surface area (Å²) in [4.78, 5) is 0. The van der Waals surface area contributed by atoms with Gasteiger partial charge in [0.25, 0.3) is 0 Å². The molecule has 0 heterocycles. The Kier molecular flexibility index (Phi) is 4.53. The summed E-state index contributed by atoms with van der Waals surface area (Å²) >= 11 is 0. The van der Waals surface area contributed by atoms with Crippen molar-refractivity contribution in [2.24, 2.45) is 0 Å². The lowest BCUT2D eigenvalue weighted by molar-refractivity contribution is -0.137. The van der Waals surface area contributed by atoms with Gasteiger partial charge in [0.2, 0.25) is 0 Å². The van der Waals surface area contributed by atoms with Crippen LogP contribution in [0.4, 0.5) is 18.9 Å². The van der Waals surface area contributed by atoms with E-state index in [1.807, 2.05) is 12.1 Å². The number of rotatable bonds is 4. The van der Waals surface area contributed by atoms with Crippen LogP contribution in [0.2, 0.25) is 0 Å². The fraction of sp³-hybridized carbons (Fsp3) is 0.250. The third-order valence-electron chi connectivity index (χ3n) is 3.30. The predicted molar refractivity (Wildman–Crippen MR) is 76.9 cm³/mol. The molecule has 21 heavy (non-hydrogen) atoms. The number of methoxy groups -OCH3 is 1. The van der Waals surface area contributed by atoms with E-state index in [1.54, 1.807) is 13.2 Å². The fourth-order valence-corrected chi connectivity index (χ4v) is 2.13. The van der Waals surface area contributed by atoms with Gasteiger partial charge in [-0.1, -0.05) is 30.3 Å². The minimum Gasteiger partial charge on any atom is -0.398 e. The van der Waals surface area contributed by atoms with Crippen molar-refractivity contribution < 1.29 is 17.9 Å². The second-order valence-corrected chi connectivity index (χ2v) is 4.70. The normalized spacial score (nSPS) is 11.6. The van der Waals surface area contributed by atoms with Gasteiger partial charge in [0, 0.05) is 18.4 Å². The Morgan fingerprint density at radius 1 is 1.05 bits per heavy atom. The molecule has 0 bridgehead atoms. The van der Waals surface area contributed by atoms with Gasteiger partial charge in [-0.15, -0.1) is 0 Å². The van der Waals surface area contributed by atoms with Gasteiger partial charge in [0.1, 0.15) is 0 Å². The van der Waals surface area contributed by atoms with E-state index in [0.29, 0.717) is 24.3 Å². The molecule has 0 saturated carbocycles. The van der Waals surface area contributed by atoms with E-state index in [9.17, 15) is 13.2 Å². The first-order valence-electron chi connectivity index (χ1n) is 6.47. The van der Waals surface area contributed by atoms with Gasteiger partial charge in [0.15, 0.2) is 0 Å². The first kappa shape index (κ1) is 15.4. The number of hydrogen-bond acceptors (Lipinski definition) is 2. The number of hydrogen-bond donors (Lipinski definition) is 1. The van der Waals surface area contributed by atoms with Crippen molar-refractivity contribution in [3.63, 3.8) is 0 Å². The Labute approximate surface area is 121 Å². The summed E-state index contributed by atoms with van der Waals surface area (Å²) in [7, 11) is 1.61. The Morgan fingerprint density at radius 2 is 1.71 bits per heavy atom. The van der Waals surface area contributed by atoms with Crippen LogP contribution >= 0.6 is 0 Å². The van der Waals surface area contributed by atoms with Crippen molar-refractivity contribution in [3.8, 4) is 11.1 Å². The second-order valence-electron chi connectivity index (χ2n) is 4.70. The number of nitrogen functional groups attached to an aromatic ring is 1. The number of ether oxygens (including phenoxy) is 1. The second kappa shape index (κ2) is 6.18. The van der Waals surface area contributed by atoms with Crippen molar-refractivity contribution in [1.82, 2.24) is 0 Å². The van der Waals surface area contributed by atoms with Crippen molar-refractivity contribution in [2.75, 3.05) is 19.5 Å². The van der Waals surface area contributed by atoms with Crippen LogP contribution in [0.15, 0.2) is 42.5 Å². The van der Waals surface area contributed by atoms with Crippen LogP contribution in [0.5, 0.6) is 0 Å². The molecule has 0 aliphatic heterocycles. The zero-order valence-electron chi connectivity index (χ0n) is 11.6. The summed E-state index contributed by atoms with van der Waals surface area (Å²) in [6.45, 7) is 0.542. The summed E-state index contributed by atoms with van der Waals surface area (Å²) in [6, 6.07) is 10.5. The summed E-state index contributed by atoms with van der Waals surface area (Å²) in [5.74, 6) is 0. The van der Waals surface area contributed by atoms with Crippen LogP contribution < -0.4 is 5.73 Å². The van der Waals surface area contributed by atoms with Crippen LogP contribution in [0.25, 0.3) is 11.1 Å². The quantitative estimate of drug-likeness (QED) is 0.860. The molecule has 2 nitrogen and oxygen atoms in total. The molecule has 2 N–H and O–H groups in total. The molecule has 0 aliphatic carbocycles. The van der Waals surface area contributed by atoms with Crippen molar-refractivity contribution in [3.05, 3.63) is 53.6 Å². The number of para-hydroxylation sites is 1. The molecule has 0 atom stereocenters. The average Bonchev–Trinajstić information content (AvgIpc) is 2.45. The molecular formula is C16H16F3NO. The zero-order chi connectivity index (χ0) is 15.5. The summed E-state index contributed by atoms with van der Waals surface area (Å²) < 4.78 is 42.7. The molecule has 2 aromatic carbocycles. The van der Waals surface area contributed by atoms with E-state index in [2.05, 4.69) is 0 Å². The minimum absolute atomic E-state index is 0.542. The van der Waals surface area contributed by atoms with Gasteiger partial charge >= 0.3 is 6.18 Å². The van der Waals surface area contributed by atoms with Crippen LogP contribution in [-0.2, 0) is 17.3 Å². The number of halogens is 3. The molecule has 2 rings (SSSR count). The molecule has 0 saturated heterocycles. The SMILES string of the molecule is COCCc1cccc(-c2ccc(C(F)(F)F)cc2)c1N. The number of benzene rings is 2. The van der Waals surface area contributed by atoms with Gasteiger partial charge in [-0.25, -0.2) is 0 Å². The van der Waals surface area contributed by atoms with Crippen LogP contribution in [0, 0.1) is 0 Å². The van der Waals surface area contributed by atoms with E-state index in [1.165, 1.54) is 12.1 Å². The van der Waals surface area contributed by atoms with Crippen molar-refractivity contribution >= 4 is 5.69 Å². The topological polar surface area (TPSA) is 35.2 Å². The molecule has 0 unspecified atom stereocenters. The molecule has 2 aromatic rings. The lowest BCUT2D eigenvalue weighted by atomic mass is 9.98. The highest BCUT2D eigenvalue weighted by molar-refractivity contribution is 5.78. The Bertz CT molecular complexity index is 606. The molecule has 112 valence electrons. The lowest BCUT2D eigenvalue weighted by Gasteiger charge is -2.12. The third-order valence-corrected chi connectivity index (χ3v) is 3.30. The Balaban J connectivity index is 2.34. The van der Waals surface area contributed by atoms with E-state index in [0.717, 1.165) is 23.3 Å². The molecule has 0 spiro atoms. The molecule has 0 aromatic heterocycles. The van der Waals surface area contributed by atoms with Gasteiger partial charge in [-0.05, 0) is 29.7 Å². The van der Waals surface area contributed by atoms with E-state index < -0.39 is 11.7 Å². The number of nitrogens with two attached hydrogens (primary N) is 1. The fourth-order valence-electron chi connectivity index (χ4n) is 2.13. The molecule has 0 amide bonds. The predicted octanol–water partition coefficient (Wildman–Crippen LogP) is 4.14. The zero-order valence-corrected chi connectivity index (χ0v) is 11.6. The standard InChI is InChI=1S/C16H16F3NO/c1-21-10-9-12-3-2-4-14(15(12)20)11-5-7-13(8-6-11)16(17,18)19/h2-8H,9-10,20H2,1H3. The first-order chi connectivity index (χ1) is 9.93. The van der Waals surface area contributed by atoms with Crippen LogP contribution in [0.3, 0.4) is 0 Å². The highest BCUT2D eigenvalue weighted by Crippen LogP contribution is 2.33. The molecular weight excluding hydrogens is 279 g/mol. The Hall–Kier alpha value is -2.01. The maximum atomic E-state index is 12.6. The maximum Gasteiger partial charge on any atom is 0.416 e. The molecule has 0 aliphatic rings. The highest BCUT2D eigenvalue weighted by Gasteiger charge is 2.30.